The van der Waals surface area contributed by atoms with Crippen molar-refractivity contribution in [3.63, 3.8) is 0 Å². The Morgan fingerprint density at radius 2 is 2.15 bits per heavy atom. The van der Waals surface area contributed by atoms with E-state index < -0.39 is 0 Å². The molecule has 0 saturated heterocycles. The van der Waals surface area contributed by atoms with Crippen LogP contribution in [0.2, 0.25) is 0 Å². The van der Waals surface area contributed by atoms with Gasteiger partial charge in [0.15, 0.2) is 0 Å². The molecule has 3 nitrogen and oxygen atoms in total. The molecular formula is C17H21N3. The first-order valence-corrected chi connectivity index (χ1v) is 7.32. The molecule has 104 valence electrons. The fourth-order valence-electron chi connectivity index (χ4n) is 3.32. The number of anilines is 1. The zero-order valence-corrected chi connectivity index (χ0v) is 11.8. The highest BCUT2D eigenvalue weighted by atomic mass is 14.9. The summed E-state index contributed by atoms with van der Waals surface area (Å²) in [5, 5.41) is 3.60. The average Bonchev–Trinajstić information content (AvgIpc) is 2.90. The van der Waals surface area contributed by atoms with E-state index in [1.165, 1.54) is 17.5 Å². The lowest BCUT2D eigenvalue weighted by Crippen LogP contribution is -2.27. The summed E-state index contributed by atoms with van der Waals surface area (Å²) in [6.07, 6.45) is 4.08. The number of likely N-dealkylation sites (N-methyl/N-ethyl adjacent to an activating group) is 1. The zero-order valence-electron chi connectivity index (χ0n) is 11.8. The number of aryl methyl sites for hydroxylation is 1. The molecule has 0 fully saturated rings. The van der Waals surface area contributed by atoms with Crippen LogP contribution < -0.4 is 11.1 Å². The van der Waals surface area contributed by atoms with Gasteiger partial charge in [0.2, 0.25) is 0 Å². The molecule has 1 aliphatic rings. The van der Waals surface area contributed by atoms with Gasteiger partial charge in [0.25, 0.3) is 0 Å². The van der Waals surface area contributed by atoms with Crippen LogP contribution in [0.5, 0.6) is 0 Å². The van der Waals surface area contributed by atoms with Gasteiger partial charge in [0.05, 0.1) is 0 Å². The van der Waals surface area contributed by atoms with Crippen LogP contribution in [0.15, 0.2) is 42.6 Å². The van der Waals surface area contributed by atoms with Crippen molar-refractivity contribution in [1.82, 2.24) is 10.3 Å². The van der Waals surface area contributed by atoms with E-state index in [2.05, 4.69) is 47.6 Å². The summed E-state index contributed by atoms with van der Waals surface area (Å²) in [5.74, 6) is 1.13. The number of hydrogen-bond acceptors (Lipinski definition) is 3. The van der Waals surface area contributed by atoms with E-state index in [1.807, 2.05) is 6.07 Å². The molecule has 0 aliphatic heterocycles. The summed E-state index contributed by atoms with van der Waals surface area (Å²) < 4.78 is 0. The Morgan fingerprint density at radius 3 is 2.95 bits per heavy atom. The molecule has 2 aromatic rings. The van der Waals surface area contributed by atoms with Crippen molar-refractivity contribution in [2.45, 2.75) is 31.7 Å². The van der Waals surface area contributed by atoms with Crippen LogP contribution in [0.4, 0.5) is 5.82 Å². The molecule has 1 aliphatic carbocycles. The average molecular weight is 267 g/mol. The Kier molecular flexibility index (Phi) is 3.70. The lowest BCUT2D eigenvalue weighted by Gasteiger charge is -2.26. The Morgan fingerprint density at radius 1 is 1.30 bits per heavy atom. The first-order valence-electron chi connectivity index (χ1n) is 7.32. The summed E-state index contributed by atoms with van der Waals surface area (Å²) in [5.41, 5.74) is 10.1. The Labute approximate surface area is 120 Å². The maximum Gasteiger partial charge on any atom is 0.128 e. The fourth-order valence-corrected chi connectivity index (χ4v) is 3.32. The first-order chi connectivity index (χ1) is 9.81. The van der Waals surface area contributed by atoms with Gasteiger partial charge in [-0.05, 0) is 36.6 Å². The number of nitrogens with one attached hydrogen (secondary N) is 1. The number of hydrogen-bond donors (Lipinski definition) is 2. The third-order valence-corrected chi connectivity index (χ3v) is 4.21. The van der Waals surface area contributed by atoms with Crippen molar-refractivity contribution < 1.29 is 0 Å². The van der Waals surface area contributed by atoms with Crippen molar-refractivity contribution in [1.29, 1.82) is 0 Å². The topological polar surface area (TPSA) is 50.9 Å². The van der Waals surface area contributed by atoms with E-state index >= 15 is 0 Å². The minimum atomic E-state index is 0.248. The number of rotatable bonds is 4. The number of aromatic nitrogens is 1. The van der Waals surface area contributed by atoms with E-state index in [0.29, 0.717) is 11.7 Å². The van der Waals surface area contributed by atoms with Crippen LogP contribution in [-0.4, -0.2) is 11.5 Å². The zero-order chi connectivity index (χ0) is 13.9. The molecule has 20 heavy (non-hydrogen) atoms. The third kappa shape index (κ3) is 2.29. The molecule has 1 aromatic heterocycles. The molecule has 0 amide bonds. The highest BCUT2D eigenvalue weighted by molar-refractivity contribution is 5.45. The molecule has 3 heteroatoms. The van der Waals surface area contributed by atoms with Crippen LogP contribution in [0, 0.1) is 0 Å². The first kappa shape index (κ1) is 13.1. The summed E-state index contributed by atoms with van der Waals surface area (Å²) >= 11 is 0. The van der Waals surface area contributed by atoms with Crippen LogP contribution in [0.3, 0.4) is 0 Å². The van der Waals surface area contributed by atoms with Gasteiger partial charge in [-0.2, -0.15) is 0 Å². The van der Waals surface area contributed by atoms with E-state index in [9.17, 15) is 0 Å². The van der Waals surface area contributed by atoms with E-state index in [1.54, 1.807) is 6.20 Å². The molecule has 0 spiro atoms. The number of nitrogens with zero attached hydrogens (tertiary/aromatic N) is 1. The largest absolute Gasteiger partial charge is 0.383 e. The van der Waals surface area contributed by atoms with Crippen molar-refractivity contribution >= 4 is 5.82 Å². The molecule has 3 N–H and O–H groups in total. The predicted octanol–water partition coefficient (Wildman–Crippen LogP) is 3.04. The van der Waals surface area contributed by atoms with Gasteiger partial charge in [0, 0.05) is 23.7 Å². The number of pyridine rings is 1. The Balaban J connectivity index is 1.99. The fraction of sp³-hybridized carbons (Fsp3) is 0.353. The summed E-state index contributed by atoms with van der Waals surface area (Å²) in [7, 11) is 0. The summed E-state index contributed by atoms with van der Waals surface area (Å²) in [6, 6.07) is 13.1. The Bertz CT molecular complexity index is 594. The van der Waals surface area contributed by atoms with Gasteiger partial charge in [-0.25, -0.2) is 4.98 Å². The quantitative estimate of drug-likeness (QED) is 0.895. The number of benzene rings is 1. The molecule has 1 heterocycles. The van der Waals surface area contributed by atoms with Gasteiger partial charge in [-0.3, -0.25) is 0 Å². The number of nitrogens with two attached hydrogens (primary N) is 1. The molecule has 1 aromatic carbocycles. The second kappa shape index (κ2) is 5.63. The minimum absolute atomic E-state index is 0.248. The van der Waals surface area contributed by atoms with Crippen LogP contribution in [0.1, 0.15) is 42.0 Å². The van der Waals surface area contributed by atoms with Crippen molar-refractivity contribution in [2.75, 3.05) is 12.3 Å². The minimum Gasteiger partial charge on any atom is -0.383 e. The second-order valence-corrected chi connectivity index (χ2v) is 5.36. The molecule has 3 rings (SSSR count). The summed E-state index contributed by atoms with van der Waals surface area (Å²) in [6.45, 7) is 3.07. The van der Waals surface area contributed by atoms with E-state index in [4.69, 9.17) is 5.73 Å². The lowest BCUT2D eigenvalue weighted by molar-refractivity contribution is 0.453. The summed E-state index contributed by atoms with van der Waals surface area (Å²) in [4.78, 5) is 4.25. The number of fused-ring (bicyclic) bond motifs is 1. The van der Waals surface area contributed by atoms with Crippen molar-refractivity contribution in [3.8, 4) is 0 Å². The van der Waals surface area contributed by atoms with Gasteiger partial charge in [-0.1, -0.05) is 37.3 Å². The lowest BCUT2D eigenvalue weighted by atomic mass is 9.88. The Hall–Kier alpha value is -1.87. The third-order valence-electron chi connectivity index (χ3n) is 4.21. The maximum absolute atomic E-state index is 6.09. The van der Waals surface area contributed by atoms with Gasteiger partial charge in [0.1, 0.15) is 5.82 Å². The van der Waals surface area contributed by atoms with Gasteiger partial charge >= 0.3 is 0 Å². The SMILES string of the molecule is CCNC(c1cccnc1N)C1CCc2ccccc21. The predicted molar refractivity (Wildman–Crippen MR) is 82.6 cm³/mol. The van der Waals surface area contributed by atoms with Gasteiger partial charge < -0.3 is 11.1 Å². The molecular weight excluding hydrogens is 246 g/mol. The molecule has 0 bridgehead atoms. The monoisotopic (exact) mass is 267 g/mol. The maximum atomic E-state index is 6.09. The van der Waals surface area contributed by atoms with Crippen LogP contribution >= 0.6 is 0 Å². The molecule has 0 radical (unpaired) electrons. The standard InChI is InChI=1S/C17H21N3/c1-2-19-16(15-8-5-11-20-17(15)18)14-10-9-12-6-3-4-7-13(12)14/h3-8,11,14,16,19H,2,9-10H2,1H3,(H2,18,20). The highest BCUT2D eigenvalue weighted by Crippen LogP contribution is 2.42. The number of nitrogen functional groups attached to an aromatic ring is 1. The van der Waals surface area contributed by atoms with Gasteiger partial charge in [-0.15, -0.1) is 0 Å². The molecule has 0 saturated carbocycles. The smallest absolute Gasteiger partial charge is 0.128 e. The van der Waals surface area contributed by atoms with E-state index in [-0.39, 0.29) is 6.04 Å². The molecule has 2 atom stereocenters. The molecule has 2 unspecified atom stereocenters. The van der Waals surface area contributed by atoms with E-state index in [0.717, 1.165) is 18.5 Å². The van der Waals surface area contributed by atoms with Crippen LogP contribution in [0.25, 0.3) is 0 Å². The van der Waals surface area contributed by atoms with Crippen molar-refractivity contribution in [2.24, 2.45) is 0 Å². The normalized spacial score (nSPS) is 18.8. The second-order valence-electron chi connectivity index (χ2n) is 5.36. The highest BCUT2D eigenvalue weighted by Gasteiger charge is 2.31. The van der Waals surface area contributed by atoms with Crippen molar-refractivity contribution in [3.05, 3.63) is 59.3 Å². The van der Waals surface area contributed by atoms with Crippen LogP contribution in [-0.2, 0) is 6.42 Å².